The maximum Gasteiger partial charge on any atom is 0.255 e. The Bertz CT molecular complexity index is 1560. The molecule has 6 rings (SSSR count). The minimum atomic E-state index is 0.0712. The fraction of sp³-hybridized carbons (Fsp3) is 0.250. The number of carbonyl (C=O) groups excluding carboxylic acids is 1. The molecular weight excluding hydrogens is 520 g/mol. The molecule has 0 bridgehead atoms. The molecule has 2 aromatic carbocycles. The third-order valence-electron chi connectivity index (χ3n) is 7.50. The molecule has 0 saturated carbocycles. The maximum absolute atomic E-state index is 13.8. The van der Waals surface area contributed by atoms with Crippen LogP contribution in [0.4, 0.5) is 0 Å². The fourth-order valence-electron chi connectivity index (χ4n) is 5.21. The summed E-state index contributed by atoms with van der Waals surface area (Å²) in [5.41, 5.74) is 5.73. The van der Waals surface area contributed by atoms with Crippen LogP contribution in [0.1, 0.15) is 27.4 Å². The van der Waals surface area contributed by atoms with Gasteiger partial charge in [-0.05, 0) is 55.0 Å². The molecule has 5 aromatic rings. The summed E-state index contributed by atoms with van der Waals surface area (Å²) in [6, 6.07) is 24.3. The zero-order valence-corrected chi connectivity index (χ0v) is 23.6. The van der Waals surface area contributed by atoms with Crippen LogP contribution in [-0.4, -0.2) is 58.5 Å². The number of thiazole rings is 1. The summed E-state index contributed by atoms with van der Waals surface area (Å²) in [5.74, 6) is 1.72. The van der Waals surface area contributed by atoms with Gasteiger partial charge in [-0.3, -0.25) is 9.69 Å². The second-order valence-electron chi connectivity index (χ2n) is 10.0. The van der Waals surface area contributed by atoms with Crippen LogP contribution >= 0.6 is 11.3 Å². The van der Waals surface area contributed by atoms with E-state index in [0.717, 1.165) is 64.4 Å². The Morgan fingerprint density at radius 1 is 0.975 bits per heavy atom. The highest BCUT2D eigenvalue weighted by atomic mass is 32.1. The molecule has 0 spiro atoms. The van der Waals surface area contributed by atoms with Crippen molar-refractivity contribution in [1.29, 1.82) is 0 Å². The predicted molar refractivity (Wildman–Crippen MR) is 158 cm³/mol. The fourth-order valence-corrected chi connectivity index (χ4v) is 6.03. The van der Waals surface area contributed by atoms with Crippen LogP contribution in [0.3, 0.4) is 0 Å². The number of rotatable bonds is 8. The SMILES string of the molecule is COc1ccc(-c2nc(-c3cc(C(=O)N4CCN(Cc5ccccc5)CC4)c(C)n3Cc3ccco3)cs2)cc1. The molecule has 4 heterocycles. The highest BCUT2D eigenvalue weighted by molar-refractivity contribution is 7.13. The summed E-state index contributed by atoms with van der Waals surface area (Å²) in [6.07, 6.45) is 1.68. The van der Waals surface area contributed by atoms with Crippen molar-refractivity contribution in [3.8, 4) is 27.7 Å². The topological polar surface area (TPSA) is 63.7 Å². The van der Waals surface area contributed by atoms with Gasteiger partial charge in [0.05, 0.1) is 36.9 Å². The lowest BCUT2D eigenvalue weighted by Crippen LogP contribution is -2.48. The van der Waals surface area contributed by atoms with Gasteiger partial charge >= 0.3 is 0 Å². The first-order chi connectivity index (χ1) is 19.6. The van der Waals surface area contributed by atoms with E-state index in [1.807, 2.05) is 60.4 Å². The summed E-state index contributed by atoms with van der Waals surface area (Å²) < 4.78 is 13.1. The van der Waals surface area contributed by atoms with Crippen molar-refractivity contribution in [2.24, 2.45) is 0 Å². The molecule has 3 aromatic heterocycles. The molecule has 0 N–H and O–H groups in total. The number of methoxy groups -OCH3 is 1. The van der Waals surface area contributed by atoms with Crippen molar-refractivity contribution in [3.05, 3.63) is 107 Å². The zero-order valence-electron chi connectivity index (χ0n) is 22.7. The molecule has 40 heavy (non-hydrogen) atoms. The molecule has 1 fully saturated rings. The molecule has 7 nitrogen and oxygen atoms in total. The third kappa shape index (κ3) is 5.46. The number of hydrogen-bond donors (Lipinski definition) is 0. The number of benzene rings is 2. The average molecular weight is 553 g/mol. The number of hydrogen-bond acceptors (Lipinski definition) is 6. The minimum Gasteiger partial charge on any atom is -0.497 e. The molecule has 1 aliphatic heterocycles. The Morgan fingerprint density at radius 3 is 2.45 bits per heavy atom. The van der Waals surface area contributed by atoms with E-state index in [4.69, 9.17) is 14.1 Å². The lowest BCUT2D eigenvalue weighted by atomic mass is 10.1. The van der Waals surface area contributed by atoms with Crippen LogP contribution < -0.4 is 4.74 Å². The van der Waals surface area contributed by atoms with Gasteiger partial charge in [0.1, 0.15) is 16.5 Å². The molecule has 0 radical (unpaired) electrons. The predicted octanol–water partition coefficient (Wildman–Crippen LogP) is 6.19. The number of aromatic nitrogens is 2. The monoisotopic (exact) mass is 552 g/mol. The van der Waals surface area contributed by atoms with E-state index in [2.05, 4.69) is 39.1 Å². The Kier molecular flexibility index (Phi) is 7.53. The standard InChI is InChI=1S/C32H32N4O3S/c1-23-28(32(37)35-16-14-34(15-17-35)20-24-7-4-3-5-8-24)19-30(36(23)21-27-9-6-18-39-27)29-22-40-31(33-29)25-10-12-26(38-2)13-11-25/h3-13,18-19,22H,14-17,20-21H2,1-2H3. The van der Waals surface area contributed by atoms with Gasteiger partial charge in [0.15, 0.2) is 0 Å². The molecule has 204 valence electrons. The van der Waals surface area contributed by atoms with Crippen molar-refractivity contribution >= 4 is 17.2 Å². The van der Waals surface area contributed by atoms with Crippen LogP contribution in [0.25, 0.3) is 22.0 Å². The largest absolute Gasteiger partial charge is 0.497 e. The van der Waals surface area contributed by atoms with Gasteiger partial charge in [-0.25, -0.2) is 4.98 Å². The number of nitrogens with zero attached hydrogens (tertiary/aromatic N) is 4. The maximum atomic E-state index is 13.8. The van der Waals surface area contributed by atoms with Crippen molar-refractivity contribution < 1.29 is 13.9 Å². The lowest BCUT2D eigenvalue weighted by molar-refractivity contribution is 0.0627. The van der Waals surface area contributed by atoms with Gasteiger partial charge in [-0.1, -0.05) is 30.3 Å². The Hall–Kier alpha value is -4.14. The molecule has 1 saturated heterocycles. The van der Waals surface area contributed by atoms with Gasteiger partial charge in [0.25, 0.3) is 5.91 Å². The van der Waals surface area contributed by atoms with Gasteiger partial charge in [-0.15, -0.1) is 11.3 Å². The van der Waals surface area contributed by atoms with E-state index >= 15 is 0 Å². The van der Waals surface area contributed by atoms with Crippen molar-refractivity contribution in [1.82, 2.24) is 19.4 Å². The second kappa shape index (κ2) is 11.5. The van der Waals surface area contributed by atoms with Gasteiger partial charge in [0, 0.05) is 49.4 Å². The molecular formula is C32H32N4O3S. The number of amides is 1. The smallest absolute Gasteiger partial charge is 0.255 e. The van der Waals surface area contributed by atoms with Crippen LogP contribution in [0.15, 0.2) is 88.9 Å². The van der Waals surface area contributed by atoms with E-state index in [9.17, 15) is 4.79 Å². The van der Waals surface area contributed by atoms with Crippen LogP contribution in [0.2, 0.25) is 0 Å². The van der Waals surface area contributed by atoms with Gasteiger partial charge in [0.2, 0.25) is 0 Å². The summed E-state index contributed by atoms with van der Waals surface area (Å²) in [4.78, 5) is 23.2. The minimum absolute atomic E-state index is 0.0712. The van der Waals surface area contributed by atoms with E-state index in [0.29, 0.717) is 19.6 Å². The first kappa shape index (κ1) is 26.1. The van der Waals surface area contributed by atoms with E-state index in [1.165, 1.54) is 5.56 Å². The number of furan rings is 1. The Labute approximate surface area is 238 Å². The summed E-state index contributed by atoms with van der Waals surface area (Å²) in [6.45, 7) is 6.59. The zero-order chi connectivity index (χ0) is 27.5. The molecule has 8 heteroatoms. The van der Waals surface area contributed by atoms with Crippen molar-refractivity contribution in [2.75, 3.05) is 33.3 Å². The van der Waals surface area contributed by atoms with E-state index in [1.54, 1.807) is 24.7 Å². The quantitative estimate of drug-likeness (QED) is 0.230. The highest BCUT2D eigenvalue weighted by Crippen LogP contribution is 2.33. The molecule has 1 aliphatic rings. The van der Waals surface area contributed by atoms with Gasteiger partial charge < -0.3 is 18.6 Å². The second-order valence-corrected chi connectivity index (χ2v) is 10.9. The summed E-state index contributed by atoms with van der Waals surface area (Å²) in [7, 11) is 1.66. The lowest BCUT2D eigenvalue weighted by Gasteiger charge is -2.34. The van der Waals surface area contributed by atoms with Crippen LogP contribution in [0, 0.1) is 6.92 Å². The molecule has 0 atom stereocenters. The van der Waals surface area contributed by atoms with E-state index < -0.39 is 0 Å². The number of ether oxygens (including phenoxy) is 1. The Morgan fingerprint density at radius 2 is 1.75 bits per heavy atom. The normalized spacial score (nSPS) is 14.0. The number of piperazine rings is 1. The molecule has 0 unspecified atom stereocenters. The van der Waals surface area contributed by atoms with Gasteiger partial charge in [-0.2, -0.15) is 0 Å². The molecule has 1 amide bonds. The number of carbonyl (C=O) groups is 1. The first-order valence-corrected chi connectivity index (χ1v) is 14.4. The molecule has 0 aliphatic carbocycles. The van der Waals surface area contributed by atoms with Crippen molar-refractivity contribution in [3.63, 3.8) is 0 Å². The Balaban J connectivity index is 1.25. The van der Waals surface area contributed by atoms with Crippen LogP contribution in [-0.2, 0) is 13.1 Å². The first-order valence-electron chi connectivity index (χ1n) is 13.5. The van der Waals surface area contributed by atoms with Crippen molar-refractivity contribution in [2.45, 2.75) is 20.0 Å². The summed E-state index contributed by atoms with van der Waals surface area (Å²) >= 11 is 1.59. The summed E-state index contributed by atoms with van der Waals surface area (Å²) in [5, 5.41) is 2.98. The van der Waals surface area contributed by atoms with Crippen LogP contribution in [0.5, 0.6) is 5.75 Å². The van der Waals surface area contributed by atoms with E-state index in [-0.39, 0.29) is 5.91 Å². The third-order valence-corrected chi connectivity index (χ3v) is 8.39. The highest BCUT2D eigenvalue weighted by Gasteiger charge is 2.27. The average Bonchev–Trinajstić information content (AvgIpc) is 3.76.